The Hall–Kier alpha value is -1.58. The van der Waals surface area contributed by atoms with Crippen molar-refractivity contribution >= 4 is 17.3 Å². The van der Waals surface area contributed by atoms with Gasteiger partial charge in [-0.1, -0.05) is 29.8 Å². The van der Waals surface area contributed by atoms with Crippen LogP contribution in [0.25, 0.3) is 0 Å². The van der Waals surface area contributed by atoms with Crippen molar-refractivity contribution in [1.29, 1.82) is 0 Å². The van der Waals surface area contributed by atoms with Crippen LogP contribution in [0.4, 0.5) is 10.1 Å². The molecule has 0 saturated heterocycles. The van der Waals surface area contributed by atoms with E-state index in [4.69, 9.17) is 17.3 Å². The fourth-order valence-corrected chi connectivity index (χ4v) is 2.44. The fraction of sp³-hybridized carbons (Fsp3) is 0.250. The Balaban J connectivity index is 2.19. The molecule has 2 N–H and O–H groups in total. The third kappa shape index (κ3) is 3.50. The van der Waals surface area contributed by atoms with Gasteiger partial charge in [-0.3, -0.25) is 0 Å². The average molecular weight is 293 g/mol. The van der Waals surface area contributed by atoms with E-state index in [1.54, 1.807) is 6.07 Å². The lowest BCUT2D eigenvalue weighted by Crippen LogP contribution is -2.17. The minimum atomic E-state index is -0.227. The van der Waals surface area contributed by atoms with Gasteiger partial charge in [-0.05, 0) is 42.3 Å². The first kappa shape index (κ1) is 14.8. The molecule has 2 rings (SSSR count). The van der Waals surface area contributed by atoms with Crippen LogP contribution in [0.5, 0.6) is 0 Å². The summed E-state index contributed by atoms with van der Waals surface area (Å²) in [5, 5.41) is 0.652. The Bertz CT molecular complexity index is 599. The van der Waals surface area contributed by atoms with Crippen LogP contribution >= 0.6 is 11.6 Å². The topological polar surface area (TPSA) is 29.3 Å². The summed E-state index contributed by atoms with van der Waals surface area (Å²) in [6.07, 6.45) is 0. The highest BCUT2D eigenvalue weighted by atomic mass is 35.5. The minimum absolute atomic E-state index is 0.0462. The lowest BCUT2D eigenvalue weighted by atomic mass is 10.1. The molecule has 0 spiro atoms. The lowest BCUT2D eigenvalue weighted by Gasteiger charge is -2.21. The highest BCUT2D eigenvalue weighted by Gasteiger charge is 2.09. The van der Waals surface area contributed by atoms with Crippen LogP contribution < -0.4 is 10.6 Å². The molecule has 0 saturated carbocycles. The van der Waals surface area contributed by atoms with E-state index in [1.807, 2.05) is 43.1 Å². The maximum atomic E-state index is 13.2. The van der Waals surface area contributed by atoms with E-state index in [0.29, 0.717) is 11.6 Å². The van der Waals surface area contributed by atoms with E-state index in [0.717, 1.165) is 16.8 Å². The molecule has 0 aliphatic heterocycles. The number of benzene rings is 2. The second-order valence-electron chi connectivity index (χ2n) is 4.99. The second-order valence-corrected chi connectivity index (χ2v) is 5.39. The van der Waals surface area contributed by atoms with E-state index in [-0.39, 0.29) is 11.9 Å². The number of halogens is 2. The molecule has 0 unspecified atom stereocenters. The van der Waals surface area contributed by atoms with Gasteiger partial charge in [0.2, 0.25) is 0 Å². The van der Waals surface area contributed by atoms with Crippen LogP contribution in [0, 0.1) is 5.82 Å². The van der Waals surface area contributed by atoms with E-state index < -0.39 is 0 Å². The normalized spacial score (nSPS) is 12.2. The Kier molecular flexibility index (Phi) is 4.63. The Morgan fingerprint density at radius 3 is 2.60 bits per heavy atom. The molecular weight excluding hydrogens is 275 g/mol. The first-order valence-electron chi connectivity index (χ1n) is 6.48. The van der Waals surface area contributed by atoms with Gasteiger partial charge in [0, 0.05) is 19.6 Å². The van der Waals surface area contributed by atoms with Gasteiger partial charge < -0.3 is 10.6 Å². The number of anilines is 1. The summed E-state index contributed by atoms with van der Waals surface area (Å²) >= 11 is 6.29. The predicted molar refractivity (Wildman–Crippen MR) is 82.6 cm³/mol. The first-order valence-corrected chi connectivity index (χ1v) is 6.86. The zero-order valence-corrected chi connectivity index (χ0v) is 12.4. The zero-order valence-electron chi connectivity index (χ0n) is 11.6. The van der Waals surface area contributed by atoms with Crippen molar-refractivity contribution in [3.63, 3.8) is 0 Å². The summed E-state index contributed by atoms with van der Waals surface area (Å²) in [5.74, 6) is -0.227. The molecule has 0 bridgehead atoms. The van der Waals surface area contributed by atoms with Gasteiger partial charge in [0.05, 0.1) is 10.7 Å². The fourth-order valence-electron chi connectivity index (χ4n) is 2.11. The maximum absolute atomic E-state index is 13.2. The molecule has 106 valence electrons. The smallest absolute Gasteiger partial charge is 0.123 e. The monoisotopic (exact) mass is 292 g/mol. The van der Waals surface area contributed by atoms with E-state index in [9.17, 15) is 4.39 Å². The Morgan fingerprint density at radius 1 is 1.25 bits per heavy atom. The summed E-state index contributed by atoms with van der Waals surface area (Å²) in [6, 6.07) is 12.3. The molecule has 2 aromatic rings. The van der Waals surface area contributed by atoms with Crippen molar-refractivity contribution in [3.05, 3.63) is 64.4 Å². The SMILES string of the molecule is C[C@H](N)c1ccc(N(C)Cc2cccc(F)c2)c(Cl)c1. The van der Waals surface area contributed by atoms with Crippen LogP contribution in [-0.4, -0.2) is 7.05 Å². The highest BCUT2D eigenvalue weighted by molar-refractivity contribution is 6.33. The van der Waals surface area contributed by atoms with Gasteiger partial charge in [0.1, 0.15) is 5.82 Å². The first-order chi connectivity index (χ1) is 9.47. The second kappa shape index (κ2) is 6.25. The summed E-state index contributed by atoms with van der Waals surface area (Å²) in [7, 11) is 1.93. The summed E-state index contributed by atoms with van der Waals surface area (Å²) in [4.78, 5) is 1.99. The van der Waals surface area contributed by atoms with Crippen molar-refractivity contribution in [1.82, 2.24) is 0 Å². The number of rotatable bonds is 4. The molecule has 2 aromatic carbocycles. The molecular formula is C16H18ClFN2. The molecule has 4 heteroatoms. The largest absolute Gasteiger partial charge is 0.369 e. The van der Waals surface area contributed by atoms with E-state index >= 15 is 0 Å². The summed E-state index contributed by atoms with van der Waals surface area (Å²) < 4.78 is 13.2. The van der Waals surface area contributed by atoms with Crippen LogP contribution in [0.2, 0.25) is 5.02 Å². The van der Waals surface area contributed by atoms with Crippen LogP contribution in [-0.2, 0) is 6.54 Å². The third-order valence-corrected chi connectivity index (χ3v) is 3.52. The van der Waals surface area contributed by atoms with Gasteiger partial charge in [0.15, 0.2) is 0 Å². The van der Waals surface area contributed by atoms with Crippen molar-refractivity contribution in [2.24, 2.45) is 5.73 Å². The van der Waals surface area contributed by atoms with Crippen molar-refractivity contribution in [2.45, 2.75) is 19.5 Å². The molecule has 0 aliphatic carbocycles. The quantitative estimate of drug-likeness (QED) is 0.918. The van der Waals surface area contributed by atoms with Gasteiger partial charge >= 0.3 is 0 Å². The van der Waals surface area contributed by atoms with Crippen LogP contribution in [0.15, 0.2) is 42.5 Å². The number of hydrogen-bond acceptors (Lipinski definition) is 2. The maximum Gasteiger partial charge on any atom is 0.123 e. The molecule has 0 fully saturated rings. The van der Waals surface area contributed by atoms with Gasteiger partial charge in [0.25, 0.3) is 0 Å². The van der Waals surface area contributed by atoms with E-state index in [1.165, 1.54) is 12.1 Å². The van der Waals surface area contributed by atoms with Gasteiger partial charge in [-0.25, -0.2) is 4.39 Å². The minimum Gasteiger partial charge on any atom is -0.369 e. The predicted octanol–water partition coefficient (Wildman–Crippen LogP) is 4.14. The molecule has 20 heavy (non-hydrogen) atoms. The molecule has 0 radical (unpaired) electrons. The van der Waals surface area contributed by atoms with Gasteiger partial charge in [-0.2, -0.15) is 0 Å². The molecule has 0 aromatic heterocycles. The number of hydrogen-bond donors (Lipinski definition) is 1. The molecule has 0 heterocycles. The van der Waals surface area contributed by atoms with Crippen molar-refractivity contribution in [2.75, 3.05) is 11.9 Å². The van der Waals surface area contributed by atoms with Crippen LogP contribution in [0.1, 0.15) is 24.1 Å². The number of nitrogens with two attached hydrogens (primary N) is 1. The van der Waals surface area contributed by atoms with Crippen LogP contribution in [0.3, 0.4) is 0 Å². The molecule has 0 aliphatic rings. The van der Waals surface area contributed by atoms with Gasteiger partial charge in [-0.15, -0.1) is 0 Å². The molecule has 2 nitrogen and oxygen atoms in total. The third-order valence-electron chi connectivity index (χ3n) is 3.22. The van der Waals surface area contributed by atoms with Crippen molar-refractivity contribution < 1.29 is 4.39 Å². The Labute approximate surface area is 124 Å². The van der Waals surface area contributed by atoms with E-state index in [2.05, 4.69) is 0 Å². The summed E-state index contributed by atoms with van der Waals surface area (Å²) in [6.45, 7) is 2.51. The van der Waals surface area contributed by atoms with Crippen molar-refractivity contribution in [3.8, 4) is 0 Å². The number of nitrogens with zero attached hydrogens (tertiary/aromatic N) is 1. The molecule has 0 amide bonds. The Morgan fingerprint density at radius 2 is 2.00 bits per heavy atom. The molecule has 1 atom stereocenters. The average Bonchev–Trinajstić information content (AvgIpc) is 2.38. The lowest BCUT2D eigenvalue weighted by molar-refractivity contribution is 0.625. The highest BCUT2D eigenvalue weighted by Crippen LogP contribution is 2.28. The summed E-state index contributed by atoms with van der Waals surface area (Å²) in [5.41, 5.74) is 8.64. The zero-order chi connectivity index (χ0) is 14.7. The standard InChI is InChI=1S/C16H18ClFN2/c1-11(19)13-6-7-16(15(17)9-13)20(2)10-12-4-3-5-14(18)8-12/h3-9,11H,10,19H2,1-2H3/t11-/m0/s1.